The topological polar surface area (TPSA) is 70.6 Å². The van der Waals surface area contributed by atoms with Crippen molar-refractivity contribution in [1.82, 2.24) is 5.32 Å². The van der Waals surface area contributed by atoms with E-state index >= 15 is 0 Å². The zero-order chi connectivity index (χ0) is 15.2. The lowest BCUT2D eigenvalue weighted by molar-refractivity contribution is 0.318. The Morgan fingerprint density at radius 3 is 2.52 bits per heavy atom. The van der Waals surface area contributed by atoms with Gasteiger partial charge in [0.1, 0.15) is 0 Å². The molecule has 2 aromatic carbocycles. The second kappa shape index (κ2) is 7.24. The molecular formula is C16H18BrN3O. The lowest BCUT2D eigenvalue weighted by atomic mass is 10.1. The van der Waals surface area contributed by atoms with Crippen LogP contribution in [0.25, 0.3) is 0 Å². The molecule has 0 aliphatic heterocycles. The fourth-order valence-electron chi connectivity index (χ4n) is 2.06. The van der Waals surface area contributed by atoms with E-state index in [1.165, 1.54) is 5.56 Å². The zero-order valence-corrected chi connectivity index (χ0v) is 13.3. The van der Waals surface area contributed by atoms with Gasteiger partial charge in [-0.05, 0) is 24.1 Å². The van der Waals surface area contributed by atoms with Gasteiger partial charge >= 0.3 is 0 Å². The van der Waals surface area contributed by atoms with Crippen LogP contribution in [0.1, 0.15) is 29.7 Å². The lowest BCUT2D eigenvalue weighted by Crippen LogP contribution is -2.18. The van der Waals surface area contributed by atoms with E-state index in [1.54, 1.807) is 0 Å². The molecule has 0 saturated carbocycles. The minimum absolute atomic E-state index is 0.121. The first-order chi connectivity index (χ1) is 10.1. The maximum Gasteiger partial charge on any atom is 0.170 e. The Hall–Kier alpha value is -1.85. The summed E-state index contributed by atoms with van der Waals surface area (Å²) in [7, 11) is 0. The van der Waals surface area contributed by atoms with Gasteiger partial charge in [0.25, 0.3) is 0 Å². The second-order valence-electron chi connectivity index (χ2n) is 4.81. The number of nitrogens with zero attached hydrogens (tertiary/aromatic N) is 1. The summed E-state index contributed by atoms with van der Waals surface area (Å²) >= 11 is 3.57. The van der Waals surface area contributed by atoms with E-state index in [4.69, 9.17) is 10.9 Å². The molecule has 110 valence electrons. The van der Waals surface area contributed by atoms with E-state index < -0.39 is 0 Å². The van der Waals surface area contributed by atoms with Gasteiger partial charge in [0, 0.05) is 22.6 Å². The van der Waals surface area contributed by atoms with Crippen molar-refractivity contribution in [3.05, 3.63) is 69.7 Å². The summed E-state index contributed by atoms with van der Waals surface area (Å²) in [5.74, 6) is 0.121. The van der Waals surface area contributed by atoms with Gasteiger partial charge in [-0.25, -0.2) is 0 Å². The first kappa shape index (κ1) is 15.5. The molecule has 2 rings (SSSR count). The highest BCUT2D eigenvalue weighted by molar-refractivity contribution is 9.10. The summed E-state index contributed by atoms with van der Waals surface area (Å²) in [5, 5.41) is 15.1. The molecule has 21 heavy (non-hydrogen) atoms. The SMILES string of the molecule is C[C@@H](NCc1ccc(/C(N)=N/O)cc1)c1ccccc1Br. The molecule has 0 spiro atoms. The third-order valence-corrected chi connectivity index (χ3v) is 4.06. The molecule has 0 aromatic heterocycles. The van der Waals surface area contributed by atoms with Crippen LogP contribution in [-0.2, 0) is 6.54 Å². The summed E-state index contributed by atoms with van der Waals surface area (Å²) in [5.41, 5.74) is 8.62. The van der Waals surface area contributed by atoms with Crippen LogP contribution >= 0.6 is 15.9 Å². The van der Waals surface area contributed by atoms with Crippen molar-refractivity contribution in [1.29, 1.82) is 0 Å². The smallest absolute Gasteiger partial charge is 0.170 e. The van der Waals surface area contributed by atoms with Crippen molar-refractivity contribution in [3.8, 4) is 0 Å². The van der Waals surface area contributed by atoms with Crippen molar-refractivity contribution in [2.75, 3.05) is 0 Å². The summed E-state index contributed by atoms with van der Waals surface area (Å²) in [6.07, 6.45) is 0. The highest BCUT2D eigenvalue weighted by Crippen LogP contribution is 2.22. The Morgan fingerprint density at radius 2 is 1.90 bits per heavy atom. The van der Waals surface area contributed by atoms with Gasteiger partial charge in [-0.15, -0.1) is 0 Å². The van der Waals surface area contributed by atoms with Gasteiger partial charge in [0.2, 0.25) is 0 Å². The maximum atomic E-state index is 8.63. The fraction of sp³-hybridized carbons (Fsp3) is 0.188. The molecule has 4 N–H and O–H groups in total. The minimum Gasteiger partial charge on any atom is -0.409 e. The molecule has 0 aliphatic carbocycles. The van der Waals surface area contributed by atoms with Crippen molar-refractivity contribution >= 4 is 21.8 Å². The van der Waals surface area contributed by atoms with E-state index in [2.05, 4.69) is 39.4 Å². The molecule has 1 atom stereocenters. The Labute approximate surface area is 132 Å². The van der Waals surface area contributed by atoms with Crippen LogP contribution in [0.2, 0.25) is 0 Å². The number of benzene rings is 2. The quantitative estimate of drug-likeness (QED) is 0.336. The molecule has 0 radical (unpaired) electrons. The van der Waals surface area contributed by atoms with Gasteiger partial charge < -0.3 is 16.3 Å². The molecule has 2 aromatic rings. The van der Waals surface area contributed by atoms with Gasteiger partial charge in [-0.2, -0.15) is 0 Å². The molecule has 5 heteroatoms. The van der Waals surface area contributed by atoms with Crippen LogP contribution in [-0.4, -0.2) is 11.0 Å². The Kier molecular flexibility index (Phi) is 5.36. The molecule has 0 heterocycles. The third kappa shape index (κ3) is 4.06. The fourth-order valence-corrected chi connectivity index (χ4v) is 2.69. The Bertz CT molecular complexity index is 626. The molecule has 0 amide bonds. The first-order valence-electron chi connectivity index (χ1n) is 6.66. The minimum atomic E-state index is 0.121. The van der Waals surface area contributed by atoms with Crippen molar-refractivity contribution in [3.63, 3.8) is 0 Å². The van der Waals surface area contributed by atoms with Gasteiger partial charge in [0.05, 0.1) is 0 Å². The van der Waals surface area contributed by atoms with Gasteiger partial charge in [-0.3, -0.25) is 0 Å². The Balaban J connectivity index is 1.98. The average Bonchev–Trinajstić information content (AvgIpc) is 2.52. The van der Waals surface area contributed by atoms with Crippen molar-refractivity contribution in [2.24, 2.45) is 10.9 Å². The summed E-state index contributed by atoms with van der Waals surface area (Å²) in [6.45, 7) is 2.88. The second-order valence-corrected chi connectivity index (χ2v) is 5.66. The molecule has 0 unspecified atom stereocenters. The predicted molar refractivity (Wildman–Crippen MR) is 88.3 cm³/mol. The van der Waals surface area contributed by atoms with Crippen molar-refractivity contribution in [2.45, 2.75) is 19.5 Å². The van der Waals surface area contributed by atoms with E-state index in [0.29, 0.717) is 5.56 Å². The van der Waals surface area contributed by atoms with Gasteiger partial charge in [0.15, 0.2) is 5.84 Å². The van der Waals surface area contributed by atoms with Crippen LogP contribution in [0.5, 0.6) is 0 Å². The lowest BCUT2D eigenvalue weighted by Gasteiger charge is -2.16. The number of nitrogens with one attached hydrogen (secondary N) is 1. The molecule has 4 nitrogen and oxygen atoms in total. The number of halogens is 1. The summed E-state index contributed by atoms with van der Waals surface area (Å²) < 4.78 is 1.10. The van der Waals surface area contributed by atoms with E-state index in [9.17, 15) is 0 Å². The van der Waals surface area contributed by atoms with Gasteiger partial charge in [-0.1, -0.05) is 63.6 Å². The van der Waals surface area contributed by atoms with Crippen LogP contribution in [0, 0.1) is 0 Å². The average molecular weight is 348 g/mol. The van der Waals surface area contributed by atoms with E-state index in [0.717, 1.165) is 16.6 Å². The number of oxime groups is 1. The number of hydrogen-bond acceptors (Lipinski definition) is 3. The molecule has 0 saturated heterocycles. The summed E-state index contributed by atoms with van der Waals surface area (Å²) in [4.78, 5) is 0. The van der Waals surface area contributed by atoms with Crippen LogP contribution in [0.4, 0.5) is 0 Å². The Morgan fingerprint density at radius 1 is 1.24 bits per heavy atom. The zero-order valence-electron chi connectivity index (χ0n) is 11.8. The van der Waals surface area contributed by atoms with Crippen LogP contribution in [0.3, 0.4) is 0 Å². The third-order valence-electron chi connectivity index (χ3n) is 3.34. The van der Waals surface area contributed by atoms with Crippen LogP contribution < -0.4 is 11.1 Å². The maximum absolute atomic E-state index is 8.63. The monoisotopic (exact) mass is 347 g/mol. The predicted octanol–water partition coefficient (Wildman–Crippen LogP) is 3.39. The van der Waals surface area contributed by atoms with E-state index in [-0.39, 0.29) is 11.9 Å². The first-order valence-corrected chi connectivity index (χ1v) is 7.45. The van der Waals surface area contributed by atoms with Crippen LogP contribution in [0.15, 0.2) is 58.2 Å². The highest BCUT2D eigenvalue weighted by atomic mass is 79.9. The molecule has 0 aliphatic rings. The normalized spacial score (nSPS) is 13.1. The van der Waals surface area contributed by atoms with Crippen molar-refractivity contribution < 1.29 is 5.21 Å². The van der Waals surface area contributed by atoms with E-state index in [1.807, 2.05) is 42.5 Å². The number of nitrogens with two attached hydrogens (primary N) is 1. The number of amidine groups is 1. The highest BCUT2D eigenvalue weighted by Gasteiger charge is 2.08. The number of hydrogen-bond donors (Lipinski definition) is 3. The largest absolute Gasteiger partial charge is 0.409 e. The standard InChI is InChI=1S/C16H18BrN3O/c1-11(14-4-2-3-5-15(14)17)19-10-12-6-8-13(9-7-12)16(18)20-21/h2-9,11,19,21H,10H2,1H3,(H2,18,20)/t11-/m1/s1. The molecular weight excluding hydrogens is 330 g/mol. The number of rotatable bonds is 5. The summed E-state index contributed by atoms with van der Waals surface area (Å²) in [6, 6.07) is 16.0. The molecule has 0 fully saturated rings. The molecule has 0 bridgehead atoms.